The van der Waals surface area contributed by atoms with E-state index in [2.05, 4.69) is 5.16 Å². The van der Waals surface area contributed by atoms with Gasteiger partial charge in [0, 0.05) is 13.1 Å². The molecule has 1 aromatic heterocycles. The maximum absolute atomic E-state index is 12.7. The molecule has 6 heteroatoms. The smallest absolute Gasteiger partial charge is 0.338 e. The second-order valence-corrected chi connectivity index (χ2v) is 5.44. The maximum atomic E-state index is 12.7. The average Bonchev–Trinajstić information content (AvgIpc) is 3.08. The Kier molecular flexibility index (Phi) is 4.14. The molecule has 0 spiro atoms. The minimum atomic E-state index is -0.339. The van der Waals surface area contributed by atoms with Crippen LogP contribution in [-0.2, 0) is 24.1 Å². The van der Waals surface area contributed by atoms with E-state index >= 15 is 0 Å². The summed E-state index contributed by atoms with van der Waals surface area (Å²) < 4.78 is 9.75. The molecule has 2 heterocycles. The highest BCUT2D eigenvalue weighted by atomic mass is 16.5. The zero-order valence-corrected chi connectivity index (χ0v) is 13.2. The summed E-state index contributed by atoms with van der Waals surface area (Å²) in [6.45, 7) is 2.95. The number of aromatic nitrogens is 1. The van der Waals surface area contributed by atoms with Crippen molar-refractivity contribution < 1.29 is 18.8 Å². The van der Waals surface area contributed by atoms with Gasteiger partial charge in [-0.2, -0.15) is 0 Å². The third kappa shape index (κ3) is 2.72. The van der Waals surface area contributed by atoms with Crippen LogP contribution in [0.5, 0.6) is 0 Å². The number of hydrogen-bond donors (Lipinski definition) is 0. The van der Waals surface area contributed by atoms with Crippen LogP contribution in [0.1, 0.15) is 44.5 Å². The van der Waals surface area contributed by atoms with Crippen molar-refractivity contribution in [2.45, 2.75) is 26.3 Å². The fraction of sp³-hybridized carbons (Fsp3) is 0.353. The van der Waals surface area contributed by atoms with Gasteiger partial charge in [-0.3, -0.25) is 4.79 Å². The molecule has 6 nitrogen and oxygen atoms in total. The van der Waals surface area contributed by atoms with Crippen molar-refractivity contribution in [3.05, 3.63) is 52.4 Å². The second-order valence-electron chi connectivity index (χ2n) is 5.44. The first-order valence-corrected chi connectivity index (χ1v) is 7.57. The number of carbonyl (C=O) groups excluding carboxylic acids is 2. The van der Waals surface area contributed by atoms with Crippen molar-refractivity contribution in [3.63, 3.8) is 0 Å². The van der Waals surface area contributed by atoms with Crippen LogP contribution in [0.3, 0.4) is 0 Å². The van der Waals surface area contributed by atoms with Gasteiger partial charge < -0.3 is 14.2 Å². The van der Waals surface area contributed by atoms with Gasteiger partial charge >= 0.3 is 5.97 Å². The highest BCUT2D eigenvalue weighted by Crippen LogP contribution is 2.25. The number of rotatable bonds is 3. The Morgan fingerprint density at radius 1 is 1.35 bits per heavy atom. The summed E-state index contributed by atoms with van der Waals surface area (Å²) in [5, 5.41) is 3.86. The Morgan fingerprint density at radius 2 is 2.17 bits per heavy atom. The molecule has 0 aliphatic carbocycles. The van der Waals surface area contributed by atoms with Crippen LogP contribution < -0.4 is 0 Å². The Bertz CT molecular complexity index is 751. The number of ether oxygens (including phenoxy) is 1. The number of carbonyl (C=O) groups is 2. The molecule has 0 saturated carbocycles. The summed E-state index contributed by atoms with van der Waals surface area (Å²) in [6.07, 6.45) is 2.68. The standard InChI is InChI=1S/C17H18N2O4/c1-3-15-14(10-23-18-15)16(20)19-8-7-12-11(9-19)5-4-6-13(12)17(21)22-2/h4-6,10H,3,7-9H2,1-2H3. The number of methoxy groups -OCH3 is 1. The largest absolute Gasteiger partial charge is 0.465 e. The number of esters is 1. The molecular formula is C17H18N2O4. The zero-order valence-electron chi connectivity index (χ0n) is 13.2. The van der Waals surface area contributed by atoms with Gasteiger partial charge in [0.05, 0.1) is 18.4 Å². The zero-order chi connectivity index (χ0) is 16.4. The van der Waals surface area contributed by atoms with Crippen molar-refractivity contribution >= 4 is 11.9 Å². The minimum absolute atomic E-state index is 0.0859. The SMILES string of the molecule is CCc1nocc1C(=O)N1CCc2c(cccc2C(=O)OC)C1. The minimum Gasteiger partial charge on any atom is -0.465 e. The first-order valence-electron chi connectivity index (χ1n) is 7.57. The van der Waals surface area contributed by atoms with Crippen LogP contribution in [0.25, 0.3) is 0 Å². The summed E-state index contributed by atoms with van der Waals surface area (Å²) >= 11 is 0. The first-order chi connectivity index (χ1) is 11.2. The van der Waals surface area contributed by atoms with Crippen LogP contribution in [0.2, 0.25) is 0 Å². The number of fused-ring (bicyclic) bond motifs is 1. The lowest BCUT2D eigenvalue weighted by Crippen LogP contribution is -2.36. The Morgan fingerprint density at radius 3 is 2.91 bits per heavy atom. The third-order valence-corrected chi connectivity index (χ3v) is 4.17. The van der Waals surface area contributed by atoms with Crippen LogP contribution >= 0.6 is 0 Å². The molecule has 1 aromatic carbocycles. The van der Waals surface area contributed by atoms with Gasteiger partial charge in [-0.05, 0) is 30.0 Å². The van der Waals surface area contributed by atoms with Crippen molar-refractivity contribution in [2.75, 3.05) is 13.7 Å². The lowest BCUT2D eigenvalue weighted by molar-refractivity contribution is 0.0598. The van der Waals surface area contributed by atoms with Crippen LogP contribution in [0, 0.1) is 0 Å². The molecule has 0 radical (unpaired) electrons. The fourth-order valence-electron chi connectivity index (χ4n) is 2.94. The van der Waals surface area contributed by atoms with Gasteiger partial charge in [0.2, 0.25) is 0 Å². The lowest BCUT2D eigenvalue weighted by Gasteiger charge is -2.29. The molecule has 120 valence electrons. The van der Waals surface area contributed by atoms with E-state index in [9.17, 15) is 9.59 Å². The topological polar surface area (TPSA) is 72.6 Å². The van der Waals surface area contributed by atoms with Crippen molar-refractivity contribution in [2.24, 2.45) is 0 Å². The molecule has 0 saturated heterocycles. The van der Waals surface area contributed by atoms with Gasteiger partial charge in [0.1, 0.15) is 11.8 Å². The number of nitrogens with zero attached hydrogens (tertiary/aromatic N) is 2. The molecule has 1 aliphatic heterocycles. The summed E-state index contributed by atoms with van der Waals surface area (Å²) in [7, 11) is 1.37. The van der Waals surface area contributed by atoms with E-state index in [1.165, 1.54) is 13.4 Å². The van der Waals surface area contributed by atoms with Crippen LogP contribution in [0.15, 0.2) is 29.0 Å². The Hall–Kier alpha value is -2.63. The highest BCUT2D eigenvalue weighted by Gasteiger charge is 2.27. The van der Waals surface area contributed by atoms with Gasteiger partial charge in [-0.15, -0.1) is 0 Å². The summed E-state index contributed by atoms with van der Waals surface area (Å²) in [5.74, 6) is -0.425. The fourth-order valence-corrected chi connectivity index (χ4v) is 2.94. The predicted octanol–water partition coefficient (Wildman–Crippen LogP) is 2.22. The molecular weight excluding hydrogens is 296 g/mol. The van der Waals surface area contributed by atoms with Gasteiger partial charge in [-0.1, -0.05) is 24.2 Å². The molecule has 0 unspecified atom stereocenters. The van der Waals surface area contributed by atoms with Crippen LogP contribution in [-0.4, -0.2) is 35.6 Å². The van der Waals surface area contributed by atoms with Crippen LogP contribution in [0.4, 0.5) is 0 Å². The predicted molar refractivity (Wildman–Crippen MR) is 82.1 cm³/mol. The molecule has 2 aromatic rings. The highest BCUT2D eigenvalue weighted by molar-refractivity contribution is 5.95. The Balaban J connectivity index is 1.86. The molecule has 0 atom stereocenters. The van der Waals surface area contributed by atoms with E-state index in [4.69, 9.17) is 9.26 Å². The Labute approximate surface area is 134 Å². The molecule has 1 amide bonds. The van der Waals surface area contributed by atoms with Crippen molar-refractivity contribution in [1.29, 1.82) is 0 Å². The molecule has 1 aliphatic rings. The lowest BCUT2D eigenvalue weighted by atomic mass is 9.94. The summed E-state index contributed by atoms with van der Waals surface area (Å²) in [5.41, 5.74) is 3.70. The number of amides is 1. The third-order valence-electron chi connectivity index (χ3n) is 4.17. The maximum Gasteiger partial charge on any atom is 0.338 e. The van der Waals surface area contributed by atoms with E-state index in [-0.39, 0.29) is 11.9 Å². The quantitative estimate of drug-likeness (QED) is 0.812. The molecule has 23 heavy (non-hydrogen) atoms. The summed E-state index contributed by atoms with van der Waals surface area (Å²) in [6, 6.07) is 5.52. The second kappa shape index (κ2) is 6.24. The normalized spacial score (nSPS) is 13.6. The van der Waals surface area contributed by atoms with E-state index in [0.717, 1.165) is 11.1 Å². The average molecular weight is 314 g/mol. The van der Waals surface area contributed by atoms with Gasteiger partial charge in [0.15, 0.2) is 0 Å². The number of benzene rings is 1. The molecule has 0 N–H and O–H groups in total. The number of hydrogen-bond acceptors (Lipinski definition) is 5. The monoisotopic (exact) mass is 314 g/mol. The van der Waals surface area contributed by atoms with E-state index in [1.54, 1.807) is 11.0 Å². The van der Waals surface area contributed by atoms with Gasteiger partial charge in [-0.25, -0.2) is 4.79 Å². The molecule has 0 fully saturated rings. The summed E-state index contributed by atoms with van der Waals surface area (Å²) in [4.78, 5) is 26.3. The molecule has 3 rings (SSSR count). The first kappa shape index (κ1) is 15.3. The molecule has 0 bridgehead atoms. The van der Waals surface area contributed by atoms with Crippen molar-refractivity contribution in [3.8, 4) is 0 Å². The van der Waals surface area contributed by atoms with Gasteiger partial charge in [0.25, 0.3) is 5.91 Å². The van der Waals surface area contributed by atoms with E-state index in [1.807, 2.05) is 19.1 Å². The number of aryl methyl sites for hydroxylation is 1. The van der Waals surface area contributed by atoms with E-state index in [0.29, 0.717) is 42.8 Å². The van der Waals surface area contributed by atoms with Crippen molar-refractivity contribution in [1.82, 2.24) is 10.1 Å². The van der Waals surface area contributed by atoms with E-state index < -0.39 is 0 Å².